The molecule has 0 atom stereocenters. The number of hydrogen-bond donors (Lipinski definition) is 3. The van der Waals surface area contributed by atoms with Crippen molar-refractivity contribution < 1.29 is 10.2 Å². The van der Waals surface area contributed by atoms with E-state index in [4.69, 9.17) is 15.9 Å². The second kappa shape index (κ2) is 17.4. The first-order chi connectivity index (χ1) is 11.7. The molecule has 0 aromatic heterocycles. The molecule has 4 N–H and O–H groups in total. The molecule has 0 aliphatic heterocycles. The summed E-state index contributed by atoms with van der Waals surface area (Å²) in [5, 5.41) is 18.2. The van der Waals surface area contributed by atoms with Crippen molar-refractivity contribution in [3.8, 4) is 0 Å². The van der Waals surface area contributed by atoms with Gasteiger partial charge >= 0.3 is 0 Å². The fourth-order valence-electron chi connectivity index (χ4n) is 2.89. The molecule has 0 aromatic rings. The predicted molar refractivity (Wildman–Crippen MR) is 105 cm³/mol. The van der Waals surface area contributed by atoms with Crippen molar-refractivity contribution in [2.75, 3.05) is 13.2 Å². The van der Waals surface area contributed by atoms with Gasteiger partial charge in [0.1, 0.15) is 0 Å². The Kier molecular flexibility index (Phi) is 17.2. The maximum absolute atomic E-state index is 9.09. The molecule has 0 saturated heterocycles. The van der Waals surface area contributed by atoms with Crippen molar-refractivity contribution in [1.82, 2.24) is 0 Å². The summed E-state index contributed by atoms with van der Waals surface area (Å²) in [6.45, 7) is 1.93. The molecule has 3 nitrogen and oxygen atoms in total. The highest BCUT2D eigenvalue weighted by Gasteiger charge is 2.20. The van der Waals surface area contributed by atoms with Crippen LogP contribution in [-0.2, 0) is 0 Å². The Morgan fingerprint density at radius 1 is 0.667 bits per heavy atom. The highest BCUT2D eigenvalue weighted by molar-refractivity contribution is 4.94. The Hall–Kier alpha value is -0.380. The predicted octanol–water partition coefficient (Wildman–Crippen LogP) is 5.10. The van der Waals surface area contributed by atoms with Crippen LogP contribution in [0.5, 0.6) is 0 Å². The summed E-state index contributed by atoms with van der Waals surface area (Å²) in [4.78, 5) is 0. The van der Waals surface area contributed by atoms with Crippen LogP contribution in [0.2, 0.25) is 0 Å². The fourth-order valence-corrected chi connectivity index (χ4v) is 2.89. The minimum absolute atomic E-state index is 0.174. The Morgan fingerprint density at radius 3 is 1.50 bits per heavy atom. The molecule has 0 aliphatic rings. The average molecular weight is 342 g/mol. The first-order valence-corrected chi connectivity index (χ1v) is 10.3. The minimum atomic E-state index is -0.855. The van der Waals surface area contributed by atoms with Crippen LogP contribution in [0.15, 0.2) is 12.2 Å². The van der Waals surface area contributed by atoms with Gasteiger partial charge in [-0.05, 0) is 19.3 Å². The average Bonchev–Trinajstić information content (AvgIpc) is 2.61. The highest BCUT2D eigenvalue weighted by atomic mass is 16.3. The van der Waals surface area contributed by atoms with E-state index in [9.17, 15) is 0 Å². The summed E-state index contributed by atoms with van der Waals surface area (Å²) in [5.74, 6) is 0. The van der Waals surface area contributed by atoms with Crippen LogP contribution in [0.25, 0.3) is 0 Å². The van der Waals surface area contributed by atoms with E-state index < -0.39 is 5.54 Å². The van der Waals surface area contributed by atoms with Gasteiger partial charge in [0.15, 0.2) is 0 Å². The van der Waals surface area contributed by atoms with Crippen molar-refractivity contribution in [2.24, 2.45) is 5.73 Å². The third kappa shape index (κ3) is 15.2. The van der Waals surface area contributed by atoms with Gasteiger partial charge in [-0.15, -0.1) is 0 Å². The molecule has 0 aliphatic carbocycles. The molecule has 0 rings (SSSR count). The summed E-state index contributed by atoms with van der Waals surface area (Å²) >= 11 is 0. The molecule has 0 unspecified atom stereocenters. The van der Waals surface area contributed by atoms with Gasteiger partial charge in [-0.1, -0.05) is 96.1 Å². The number of unbranched alkanes of at least 4 members (excludes halogenated alkanes) is 13. The van der Waals surface area contributed by atoms with Crippen LogP contribution in [0.3, 0.4) is 0 Å². The standard InChI is InChI=1S/C21H43NO2/c1-2-3-4-5-6-7-8-9-10-11-12-13-14-15-16-17-18-21(22,19-23)20-24/h16-17,23-24H,2-15,18-20,22H2,1H3. The van der Waals surface area contributed by atoms with E-state index in [1.54, 1.807) is 0 Å². The molecule has 3 heteroatoms. The lowest BCUT2D eigenvalue weighted by molar-refractivity contribution is 0.123. The van der Waals surface area contributed by atoms with Gasteiger partial charge in [0.05, 0.1) is 18.8 Å². The molecular formula is C21H43NO2. The van der Waals surface area contributed by atoms with E-state index in [0.29, 0.717) is 6.42 Å². The van der Waals surface area contributed by atoms with Crippen LogP contribution < -0.4 is 5.73 Å². The topological polar surface area (TPSA) is 66.5 Å². The van der Waals surface area contributed by atoms with Crippen molar-refractivity contribution in [1.29, 1.82) is 0 Å². The van der Waals surface area contributed by atoms with Gasteiger partial charge in [-0.3, -0.25) is 0 Å². The smallest absolute Gasteiger partial charge is 0.0657 e. The monoisotopic (exact) mass is 341 g/mol. The highest BCUT2D eigenvalue weighted by Crippen LogP contribution is 2.13. The molecule has 0 aromatic carbocycles. The Morgan fingerprint density at radius 2 is 1.08 bits per heavy atom. The summed E-state index contributed by atoms with van der Waals surface area (Å²) in [7, 11) is 0. The zero-order chi connectivity index (χ0) is 17.9. The van der Waals surface area contributed by atoms with Crippen LogP contribution in [0, 0.1) is 0 Å². The van der Waals surface area contributed by atoms with Crippen LogP contribution in [0.1, 0.15) is 103 Å². The van der Waals surface area contributed by atoms with E-state index in [0.717, 1.165) is 6.42 Å². The Balaban J connectivity index is 3.23. The van der Waals surface area contributed by atoms with Gasteiger partial charge in [0.25, 0.3) is 0 Å². The molecule has 0 spiro atoms. The van der Waals surface area contributed by atoms with Gasteiger partial charge in [-0.2, -0.15) is 0 Å². The molecule has 24 heavy (non-hydrogen) atoms. The molecule has 0 amide bonds. The number of aliphatic hydroxyl groups is 2. The van der Waals surface area contributed by atoms with Crippen molar-refractivity contribution in [2.45, 2.75) is 109 Å². The number of aliphatic hydroxyl groups excluding tert-OH is 2. The molecule has 144 valence electrons. The van der Waals surface area contributed by atoms with E-state index in [1.165, 1.54) is 83.5 Å². The molecular weight excluding hydrogens is 298 g/mol. The first kappa shape index (κ1) is 23.6. The van der Waals surface area contributed by atoms with E-state index in [-0.39, 0.29) is 13.2 Å². The molecule has 0 heterocycles. The van der Waals surface area contributed by atoms with E-state index in [2.05, 4.69) is 13.0 Å². The summed E-state index contributed by atoms with van der Waals surface area (Å²) in [6.07, 6.45) is 23.7. The maximum atomic E-state index is 9.09. The third-order valence-corrected chi connectivity index (χ3v) is 4.80. The first-order valence-electron chi connectivity index (χ1n) is 10.3. The number of nitrogens with two attached hydrogens (primary N) is 1. The maximum Gasteiger partial charge on any atom is 0.0657 e. The van der Waals surface area contributed by atoms with Gasteiger partial charge in [-0.25, -0.2) is 0 Å². The summed E-state index contributed by atoms with van der Waals surface area (Å²) < 4.78 is 0. The summed E-state index contributed by atoms with van der Waals surface area (Å²) in [5.41, 5.74) is 4.95. The van der Waals surface area contributed by atoms with Crippen LogP contribution in [-0.4, -0.2) is 29.0 Å². The van der Waals surface area contributed by atoms with Crippen LogP contribution >= 0.6 is 0 Å². The second-order valence-electron chi connectivity index (χ2n) is 7.39. The number of hydrogen-bond acceptors (Lipinski definition) is 3. The molecule has 0 fully saturated rings. The van der Waals surface area contributed by atoms with Crippen molar-refractivity contribution in [3.63, 3.8) is 0 Å². The summed E-state index contributed by atoms with van der Waals surface area (Å²) in [6, 6.07) is 0. The zero-order valence-corrected chi connectivity index (χ0v) is 16.1. The largest absolute Gasteiger partial charge is 0.394 e. The minimum Gasteiger partial charge on any atom is -0.394 e. The molecule has 0 bridgehead atoms. The Labute approximate surface area is 150 Å². The fraction of sp³-hybridized carbons (Fsp3) is 0.905. The lowest BCUT2D eigenvalue weighted by atomic mass is 9.98. The van der Waals surface area contributed by atoms with Crippen molar-refractivity contribution in [3.05, 3.63) is 12.2 Å². The number of allylic oxidation sites excluding steroid dienone is 1. The lowest BCUT2D eigenvalue weighted by Crippen LogP contribution is -2.46. The second-order valence-corrected chi connectivity index (χ2v) is 7.39. The number of rotatable bonds is 18. The van der Waals surface area contributed by atoms with Gasteiger partial charge in [0.2, 0.25) is 0 Å². The normalized spacial score (nSPS) is 12.3. The Bertz CT molecular complexity index is 275. The van der Waals surface area contributed by atoms with E-state index in [1.807, 2.05) is 6.08 Å². The quantitative estimate of drug-likeness (QED) is 0.240. The van der Waals surface area contributed by atoms with Crippen LogP contribution in [0.4, 0.5) is 0 Å². The SMILES string of the molecule is CCCCCCCCCCCCCCCC=CCC(N)(CO)CO. The molecule has 0 radical (unpaired) electrons. The molecule has 0 saturated carbocycles. The third-order valence-electron chi connectivity index (χ3n) is 4.80. The van der Waals surface area contributed by atoms with Crippen molar-refractivity contribution >= 4 is 0 Å². The van der Waals surface area contributed by atoms with E-state index >= 15 is 0 Å². The van der Waals surface area contributed by atoms with Gasteiger partial charge < -0.3 is 15.9 Å². The zero-order valence-electron chi connectivity index (χ0n) is 16.1. The van der Waals surface area contributed by atoms with Gasteiger partial charge in [0, 0.05) is 0 Å². The lowest BCUT2D eigenvalue weighted by Gasteiger charge is -2.22.